The highest BCUT2D eigenvalue weighted by molar-refractivity contribution is 7.90. The third-order valence-electron chi connectivity index (χ3n) is 4.83. The maximum atomic E-state index is 13.3. The normalized spacial score (nSPS) is 11.9. The van der Waals surface area contributed by atoms with Gasteiger partial charge in [-0.05, 0) is 50.6 Å². The number of pyridine rings is 1. The fraction of sp³-hybridized carbons (Fsp3) is 0.227. The molecule has 11 heteroatoms. The SMILES string of the molecule is CCOC(=O)c1c(C)c(C(=O)c2ccc(C(F)(F)F)nc2)cn1S(=O)(=O)c1ccc(C)cc1. The third-order valence-corrected chi connectivity index (χ3v) is 6.51. The van der Waals surface area contributed by atoms with Gasteiger partial charge in [0.1, 0.15) is 11.4 Å². The third kappa shape index (κ3) is 4.68. The molecule has 33 heavy (non-hydrogen) atoms. The molecule has 0 N–H and O–H groups in total. The minimum Gasteiger partial charge on any atom is -0.461 e. The van der Waals surface area contributed by atoms with Crippen LogP contribution in [0.5, 0.6) is 0 Å². The quantitative estimate of drug-likeness (QED) is 0.388. The fourth-order valence-electron chi connectivity index (χ4n) is 3.11. The zero-order valence-electron chi connectivity index (χ0n) is 17.8. The average molecular weight is 480 g/mol. The van der Waals surface area contributed by atoms with E-state index in [9.17, 15) is 31.2 Å². The van der Waals surface area contributed by atoms with E-state index in [0.29, 0.717) is 10.0 Å². The van der Waals surface area contributed by atoms with E-state index in [1.165, 1.54) is 26.0 Å². The van der Waals surface area contributed by atoms with Gasteiger partial charge in [-0.3, -0.25) is 9.78 Å². The number of benzene rings is 1. The van der Waals surface area contributed by atoms with Gasteiger partial charge in [-0.25, -0.2) is 17.2 Å². The summed E-state index contributed by atoms with van der Waals surface area (Å²) in [5.74, 6) is -1.76. The van der Waals surface area contributed by atoms with Crippen molar-refractivity contribution in [2.24, 2.45) is 0 Å². The van der Waals surface area contributed by atoms with Crippen LogP contribution in [-0.2, 0) is 20.9 Å². The van der Waals surface area contributed by atoms with Crippen LogP contribution in [-0.4, -0.2) is 35.7 Å². The Morgan fingerprint density at radius 2 is 1.70 bits per heavy atom. The summed E-state index contributed by atoms with van der Waals surface area (Å²) in [6, 6.07) is 7.45. The number of carbonyl (C=O) groups is 2. The molecule has 0 aliphatic heterocycles. The summed E-state index contributed by atoms with van der Waals surface area (Å²) in [6.07, 6.45) is -2.96. The first-order valence-electron chi connectivity index (χ1n) is 9.67. The molecule has 0 aliphatic carbocycles. The lowest BCUT2D eigenvalue weighted by molar-refractivity contribution is -0.141. The Morgan fingerprint density at radius 3 is 2.21 bits per heavy atom. The maximum absolute atomic E-state index is 13.3. The van der Waals surface area contributed by atoms with Crippen LogP contribution in [0.25, 0.3) is 0 Å². The summed E-state index contributed by atoms with van der Waals surface area (Å²) in [6.45, 7) is 4.63. The molecule has 1 aromatic carbocycles. The molecule has 3 aromatic rings. The lowest BCUT2D eigenvalue weighted by Crippen LogP contribution is -2.20. The van der Waals surface area contributed by atoms with E-state index >= 15 is 0 Å². The number of alkyl halides is 3. The molecule has 0 radical (unpaired) electrons. The van der Waals surface area contributed by atoms with Crippen LogP contribution in [0.15, 0.2) is 53.7 Å². The lowest BCUT2D eigenvalue weighted by atomic mass is 10.0. The zero-order valence-corrected chi connectivity index (χ0v) is 18.6. The van der Waals surface area contributed by atoms with E-state index in [2.05, 4.69) is 4.98 Å². The Hall–Kier alpha value is -3.47. The highest BCUT2D eigenvalue weighted by atomic mass is 32.2. The largest absolute Gasteiger partial charge is 0.461 e. The summed E-state index contributed by atoms with van der Waals surface area (Å²) >= 11 is 0. The number of halogens is 3. The van der Waals surface area contributed by atoms with Gasteiger partial charge < -0.3 is 4.74 Å². The van der Waals surface area contributed by atoms with Gasteiger partial charge in [0.05, 0.1) is 11.5 Å². The van der Waals surface area contributed by atoms with Crippen molar-refractivity contribution in [1.82, 2.24) is 8.96 Å². The Labute approximate surface area is 187 Å². The first kappa shape index (κ1) is 24.2. The highest BCUT2D eigenvalue weighted by Gasteiger charge is 2.33. The van der Waals surface area contributed by atoms with E-state index in [-0.39, 0.29) is 33.9 Å². The number of rotatable bonds is 6. The predicted molar refractivity (Wildman–Crippen MR) is 112 cm³/mol. The number of aromatic nitrogens is 2. The van der Waals surface area contributed by atoms with Crippen LogP contribution in [0.4, 0.5) is 13.2 Å². The van der Waals surface area contributed by atoms with Crippen LogP contribution in [0.2, 0.25) is 0 Å². The zero-order chi connectivity index (χ0) is 24.6. The fourth-order valence-corrected chi connectivity index (χ4v) is 4.51. The van der Waals surface area contributed by atoms with Gasteiger partial charge in [0.2, 0.25) is 0 Å². The topological polar surface area (TPSA) is 95.3 Å². The molecule has 0 saturated carbocycles. The molecule has 0 unspecified atom stereocenters. The molecule has 0 atom stereocenters. The van der Waals surface area contributed by atoms with Gasteiger partial charge in [0, 0.05) is 23.5 Å². The number of ketones is 1. The summed E-state index contributed by atoms with van der Waals surface area (Å²) in [5, 5.41) is 0. The van der Waals surface area contributed by atoms with Crippen LogP contribution >= 0.6 is 0 Å². The Morgan fingerprint density at radius 1 is 1.06 bits per heavy atom. The van der Waals surface area contributed by atoms with E-state index in [4.69, 9.17) is 4.74 Å². The number of hydrogen-bond donors (Lipinski definition) is 0. The second-order valence-electron chi connectivity index (χ2n) is 7.11. The number of aryl methyl sites for hydroxylation is 1. The lowest BCUT2D eigenvalue weighted by Gasteiger charge is -2.10. The molecule has 2 aromatic heterocycles. The van der Waals surface area contributed by atoms with Crippen molar-refractivity contribution in [3.8, 4) is 0 Å². The predicted octanol–water partition coefficient (Wildman–Crippen LogP) is 4.16. The molecule has 174 valence electrons. The second kappa shape index (κ2) is 8.81. The van der Waals surface area contributed by atoms with E-state index in [0.717, 1.165) is 24.0 Å². The van der Waals surface area contributed by atoms with Crippen LogP contribution in [0.1, 0.15) is 50.2 Å². The molecule has 2 heterocycles. The molecule has 0 bridgehead atoms. The van der Waals surface area contributed by atoms with Crippen LogP contribution in [0, 0.1) is 13.8 Å². The number of esters is 1. The van der Waals surface area contributed by atoms with Crippen molar-refractivity contribution >= 4 is 21.8 Å². The van der Waals surface area contributed by atoms with Gasteiger partial charge in [-0.15, -0.1) is 0 Å². The molecule has 7 nitrogen and oxygen atoms in total. The first-order chi connectivity index (χ1) is 15.4. The van der Waals surface area contributed by atoms with Crippen molar-refractivity contribution in [1.29, 1.82) is 0 Å². The van der Waals surface area contributed by atoms with E-state index in [1.807, 2.05) is 0 Å². The Kier molecular flexibility index (Phi) is 6.46. The van der Waals surface area contributed by atoms with Crippen molar-refractivity contribution in [2.45, 2.75) is 31.8 Å². The maximum Gasteiger partial charge on any atom is 0.433 e. The summed E-state index contributed by atoms with van der Waals surface area (Å²) in [7, 11) is -4.29. The van der Waals surface area contributed by atoms with Crippen molar-refractivity contribution < 1.29 is 35.9 Å². The van der Waals surface area contributed by atoms with Crippen molar-refractivity contribution in [2.75, 3.05) is 6.61 Å². The van der Waals surface area contributed by atoms with Gasteiger partial charge >= 0.3 is 12.1 Å². The molecule has 0 fully saturated rings. The van der Waals surface area contributed by atoms with E-state index in [1.54, 1.807) is 19.1 Å². The molecule has 0 aliphatic rings. The smallest absolute Gasteiger partial charge is 0.433 e. The standard InChI is InChI=1S/C22H19F3N2O5S/c1-4-32-21(29)19-14(3)17(20(28)15-7-10-18(26-11-15)22(23,24)25)12-27(19)33(30,31)16-8-5-13(2)6-9-16/h5-12H,4H2,1-3H3. The van der Waals surface area contributed by atoms with Gasteiger partial charge in [0.15, 0.2) is 5.78 Å². The molecule has 0 saturated heterocycles. The van der Waals surface area contributed by atoms with Gasteiger partial charge in [0.25, 0.3) is 10.0 Å². The van der Waals surface area contributed by atoms with E-state index < -0.39 is 33.6 Å². The Bertz CT molecular complexity index is 1310. The summed E-state index contributed by atoms with van der Waals surface area (Å²) < 4.78 is 70.5. The van der Waals surface area contributed by atoms with Crippen LogP contribution < -0.4 is 0 Å². The molecule has 0 amide bonds. The van der Waals surface area contributed by atoms with Gasteiger partial charge in [-0.2, -0.15) is 13.2 Å². The number of ether oxygens (including phenoxy) is 1. The second-order valence-corrected chi connectivity index (χ2v) is 8.92. The Balaban J connectivity index is 2.15. The summed E-state index contributed by atoms with van der Waals surface area (Å²) in [5.41, 5.74) is -1.12. The monoisotopic (exact) mass is 480 g/mol. The van der Waals surface area contributed by atoms with Crippen molar-refractivity contribution in [3.63, 3.8) is 0 Å². The molecular weight excluding hydrogens is 461 g/mol. The molecule has 0 spiro atoms. The first-order valence-corrected chi connectivity index (χ1v) is 11.1. The minimum atomic E-state index is -4.68. The summed E-state index contributed by atoms with van der Waals surface area (Å²) in [4.78, 5) is 28.7. The number of carbonyl (C=O) groups excluding carboxylic acids is 2. The highest BCUT2D eigenvalue weighted by Crippen LogP contribution is 2.29. The van der Waals surface area contributed by atoms with Crippen LogP contribution in [0.3, 0.4) is 0 Å². The number of nitrogens with zero attached hydrogens (tertiary/aromatic N) is 2. The van der Waals surface area contributed by atoms with Gasteiger partial charge in [-0.1, -0.05) is 17.7 Å². The number of hydrogen-bond acceptors (Lipinski definition) is 6. The molecule has 3 rings (SSSR count). The average Bonchev–Trinajstić information content (AvgIpc) is 3.11. The molecular formula is C22H19F3N2O5S. The van der Waals surface area contributed by atoms with Crippen molar-refractivity contribution in [3.05, 3.63) is 82.4 Å². The minimum absolute atomic E-state index is 0.00837.